The quantitative estimate of drug-likeness (QED) is 0.493. The molecule has 0 aliphatic heterocycles. The van der Waals surface area contributed by atoms with Gasteiger partial charge in [-0.3, -0.25) is 10.1 Å². The summed E-state index contributed by atoms with van der Waals surface area (Å²) in [6.07, 6.45) is 0. The minimum Gasteiger partial charge on any atom is -0.349 e. The SMILES string of the molecule is Cc1nc(Cl)nc(N(C)Cc2ccsc2)c1[N+](=O)[O-]. The molecule has 0 aliphatic carbocycles. The van der Waals surface area contributed by atoms with Gasteiger partial charge in [0.25, 0.3) is 0 Å². The molecule has 2 aromatic heterocycles. The molecule has 0 radical (unpaired) electrons. The van der Waals surface area contributed by atoms with Gasteiger partial charge in [-0.2, -0.15) is 16.3 Å². The van der Waals surface area contributed by atoms with Crippen molar-refractivity contribution in [3.05, 3.63) is 43.5 Å². The first-order valence-corrected chi connectivity index (χ1v) is 6.72. The highest BCUT2D eigenvalue weighted by Crippen LogP contribution is 2.30. The predicted octanol–water partition coefficient (Wildman–Crippen LogP) is 3.04. The highest BCUT2D eigenvalue weighted by molar-refractivity contribution is 7.07. The van der Waals surface area contributed by atoms with Crippen molar-refractivity contribution in [2.75, 3.05) is 11.9 Å². The second kappa shape index (κ2) is 5.50. The summed E-state index contributed by atoms with van der Waals surface area (Å²) in [6, 6.07) is 1.96. The van der Waals surface area contributed by atoms with Gasteiger partial charge < -0.3 is 4.90 Å². The van der Waals surface area contributed by atoms with Gasteiger partial charge in [-0.1, -0.05) is 0 Å². The van der Waals surface area contributed by atoms with E-state index in [1.54, 1.807) is 30.2 Å². The molecule has 0 aromatic carbocycles. The van der Waals surface area contributed by atoms with Crippen LogP contribution in [0.1, 0.15) is 11.3 Å². The van der Waals surface area contributed by atoms with Crippen molar-refractivity contribution in [3.8, 4) is 0 Å². The maximum absolute atomic E-state index is 11.1. The zero-order chi connectivity index (χ0) is 14.0. The van der Waals surface area contributed by atoms with E-state index in [1.807, 2.05) is 16.8 Å². The van der Waals surface area contributed by atoms with Crippen LogP contribution in [-0.2, 0) is 6.54 Å². The Morgan fingerprint density at radius 2 is 2.26 bits per heavy atom. The molecule has 0 N–H and O–H groups in total. The van der Waals surface area contributed by atoms with Crippen LogP contribution in [0.5, 0.6) is 0 Å². The Hall–Kier alpha value is -1.73. The molecular weight excluding hydrogens is 288 g/mol. The summed E-state index contributed by atoms with van der Waals surface area (Å²) in [5.74, 6) is 0.230. The average molecular weight is 299 g/mol. The van der Waals surface area contributed by atoms with Crippen molar-refractivity contribution in [1.82, 2.24) is 9.97 Å². The van der Waals surface area contributed by atoms with Gasteiger partial charge in [-0.15, -0.1) is 0 Å². The normalized spacial score (nSPS) is 10.5. The molecule has 0 saturated carbocycles. The van der Waals surface area contributed by atoms with E-state index in [9.17, 15) is 10.1 Å². The lowest BCUT2D eigenvalue weighted by Crippen LogP contribution is -2.19. The lowest BCUT2D eigenvalue weighted by atomic mass is 10.3. The van der Waals surface area contributed by atoms with Crippen molar-refractivity contribution >= 4 is 34.4 Å². The molecule has 0 fully saturated rings. The third-order valence-electron chi connectivity index (χ3n) is 2.56. The first-order chi connectivity index (χ1) is 8.99. The Morgan fingerprint density at radius 3 is 2.84 bits per heavy atom. The van der Waals surface area contributed by atoms with Crippen LogP contribution in [0.2, 0.25) is 5.28 Å². The molecule has 0 atom stereocenters. The van der Waals surface area contributed by atoms with Crippen LogP contribution in [-0.4, -0.2) is 21.9 Å². The Balaban J connectivity index is 2.40. The number of halogens is 1. The van der Waals surface area contributed by atoms with Crippen molar-refractivity contribution < 1.29 is 4.92 Å². The zero-order valence-electron chi connectivity index (χ0n) is 10.3. The van der Waals surface area contributed by atoms with E-state index in [0.29, 0.717) is 6.54 Å². The van der Waals surface area contributed by atoms with E-state index in [4.69, 9.17) is 11.6 Å². The van der Waals surface area contributed by atoms with Crippen LogP contribution in [0.3, 0.4) is 0 Å². The van der Waals surface area contributed by atoms with Gasteiger partial charge in [0.15, 0.2) is 0 Å². The van der Waals surface area contributed by atoms with Crippen LogP contribution in [0, 0.1) is 17.0 Å². The van der Waals surface area contributed by atoms with E-state index in [0.717, 1.165) is 5.56 Å². The third kappa shape index (κ3) is 2.99. The molecule has 19 heavy (non-hydrogen) atoms. The first kappa shape index (κ1) is 13.7. The Labute approximate surface area is 118 Å². The molecule has 0 amide bonds. The largest absolute Gasteiger partial charge is 0.349 e. The molecule has 0 aliphatic rings. The van der Waals surface area contributed by atoms with Gasteiger partial charge in [-0.25, -0.2) is 4.98 Å². The topological polar surface area (TPSA) is 72.2 Å². The number of nitrogens with zero attached hydrogens (tertiary/aromatic N) is 4. The summed E-state index contributed by atoms with van der Waals surface area (Å²) >= 11 is 7.36. The summed E-state index contributed by atoms with van der Waals surface area (Å²) in [4.78, 5) is 20.1. The summed E-state index contributed by atoms with van der Waals surface area (Å²) in [5, 5.41) is 15.1. The third-order valence-corrected chi connectivity index (χ3v) is 3.46. The van der Waals surface area contributed by atoms with Crippen molar-refractivity contribution in [1.29, 1.82) is 0 Å². The second-order valence-electron chi connectivity index (χ2n) is 4.00. The molecule has 8 heteroatoms. The molecule has 2 heterocycles. The molecule has 0 spiro atoms. The fourth-order valence-electron chi connectivity index (χ4n) is 1.73. The molecule has 6 nitrogen and oxygen atoms in total. The number of aromatic nitrogens is 2. The molecule has 100 valence electrons. The van der Waals surface area contributed by atoms with E-state index < -0.39 is 4.92 Å². The lowest BCUT2D eigenvalue weighted by Gasteiger charge is -2.17. The highest BCUT2D eigenvalue weighted by Gasteiger charge is 2.24. The molecule has 2 aromatic rings. The van der Waals surface area contributed by atoms with Crippen LogP contribution < -0.4 is 4.90 Å². The summed E-state index contributed by atoms with van der Waals surface area (Å²) < 4.78 is 0. The first-order valence-electron chi connectivity index (χ1n) is 5.39. The standard InChI is InChI=1S/C11H11ClN4O2S/c1-7-9(16(17)18)10(14-11(12)13-7)15(2)5-8-3-4-19-6-8/h3-4,6H,5H2,1-2H3. The average Bonchev–Trinajstić information content (AvgIpc) is 2.79. The number of hydrogen-bond donors (Lipinski definition) is 0. The van der Waals surface area contributed by atoms with Crippen molar-refractivity contribution in [3.63, 3.8) is 0 Å². The number of thiophene rings is 1. The van der Waals surface area contributed by atoms with Gasteiger partial charge in [0, 0.05) is 13.6 Å². The van der Waals surface area contributed by atoms with Gasteiger partial charge in [0.2, 0.25) is 11.1 Å². The maximum atomic E-state index is 11.1. The van der Waals surface area contributed by atoms with Crippen molar-refractivity contribution in [2.45, 2.75) is 13.5 Å². The van der Waals surface area contributed by atoms with Crippen LogP contribution in [0.15, 0.2) is 16.8 Å². The van der Waals surface area contributed by atoms with E-state index >= 15 is 0 Å². The minimum atomic E-state index is -0.481. The van der Waals surface area contributed by atoms with Gasteiger partial charge >= 0.3 is 5.69 Å². The van der Waals surface area contributed by atoms with Gasteiger partial charge in [0.05, 0.1) is 4.92 Å². The fraction of sp³-hybridized carbons (Fsp3) is 0.273. The molecule has 0 bridgehead atoms. The second-order valence-corrected chi connectivity index (χ2v) is 5.11. The fourth-order valence-corrected chi connectivity index (χ4v) is 2.60. The minimum absolute atomic E-state index is 0.00951. The number of anilines is 1. The summed E-state index contributed by atoms with van der Waals surface area (Å²) in [5.41, 5.74) is 1.22. The maximum Gasteiger partial charge on any atom is 0.332 e. The number of rotatable bonds is 4. The van der Waals surface area contributed by atoms with Crippen LogP contribution >= 0.6 is 22.9 Å². The predicted molar refractivity (Wildman–Crippen MR) is 74.9 cm³/mol. The van der Waals surface area contributed by atoms with E-state index in [1.165, 1.54) is 0 Å². The number of nitro groups is 1. The molecule has 0 saturated heterocycles. The Morgan fingerprint density at radius 1 is 1.53 bits per heavy atom. The van der Waals surface area contributed by atoms with E-state index in [-0.39, 0.29) is 22.5 Å². The Kier molecular flexibility index (Phi) is 3.96. The lowest BCUT2D eigenvalue weighted by molar-refractivity contribution is -0.385. The highest BCUT2D eigenvalue weighted by atomic mass is 35.5. The molecular formula is C11H11ClN4O2S. The monoisotopic (exact) mass is 298 g/mol. The Bertz CT molecular complexity index is 603. The smallest absolute Gasteiger partial charge is 0.332 e. The zero-order valence-corrected chi connectivity index (χ0v) is 11.9. The summed E-state index contributed by atoms with van der Waals surface area (Å²) in [6.45, 7) is 2.07. The summed E-state index contributed by atoms with van der Waals surface area (Å²) in [7, 11) is 1.74. The van der Waals surface area contributed by atoms with E-state index in [2.05, 4.69) is 9.97 Å². The number of aryl methyl sites for hydroxylation is 1. The van der Waals surface area contributed by atoms with Crippen LogP contribution in [0.4, 0.5) is 11.5 Å². The molecule has 0 unspecified atom stereocenters. The van der Waals surface area contributed by atoms with Gasteiger partial charge in [-0.05, 0) is 40.9 Å². The molecule has 2 rings (SSSR count). The van der Waals surface area contributed by atoms with Gasteiger partial charge in [0.1, 0.15) is 5.69 Å². The number of hydrogen-bond acceptors (Lipinski definition) is 6. The van der Waals surface area contributed by atoms with Crippen molar-refractivity contribution in [2.24, 2.45) is 0 Å². The van der Waals surface area contributed by atoms with Crippen LogP contribution in [0.25, 0.3) is 0 Å².